The van der Waals surface area contributed by atoms with E-state index in [1.165, 1.54) is 16.5 Å². The van der Waals surface area contributed by atoms with Crippen LogP contribution in [-0.2, 0) is 16.1 Å². The van der Waals surface area contributed by atoms with E-state index in [1.54, 1.807) is 4.90 Å². The van der Waals surface area contributed by atoms with Crippen LogP contribution in [-0.4, -0.2) is 40.6 Å². The van der Waals surface area contributed by atoms with Gasteiger partial charge in [0.2, 0.25) is 5.91 Å². The molecular weight excluding hydrogens is 366 g/mol. The quantitative estimate of drug-likeness (QED) is 0.805. The zero-order valence-corrected chi connectivity index (χ0v) is 18.4. The second-order valence-electron chi connectivity index (χ2n) is 9.18. The molecule has 1 fully saturated rings. The number of hydrogen-bond donors (Lipinski definition) is 2. The summed E-state index contributed by atoms with van der Waals surface area (Å²) in [7, 11) is 0. The average Bonchev–Trinajstić information content (AvgIpc) is 2.93. The predicted molar refractivity (Wildman–Crippen MR) is 115 cm³/mol. The summed E-state index contributed by atoms with van der Waals surface area (Å²) in [6.07, 6.45) is 1.03. The summed E-state index contributed by atoms with van der Waals surface area (Å²) >= 11 is 0. The lowest BCUT2D eigenvalue weighted by molar-refractivity contribution is -0.126. The SMILES string of the molecule is Cc1cc(CNC(=O)C2CCN(C(=O)OC(C)(C)C)CC2)c2[nH]c(C)c(C)c2c1. The van der Waals surface area contributed by atoms with Gasteiger partial charge in [0, 0.05) is 36.6 Å². The number of carbonyl (C=O) groups excluding carboxylic acids is 2. The molecule has 6 heteroatoms. The molecule has 1 aliphatic rings. The molecule has 2 N–H and O–H groups in total. The number of ether oxygens (including phenoxy) is 1. The molecule has 158 valence electrons. The predicted octanol–water partition coefficient (Wildman–Crippen LogP) is 4.36. The number of amides is 2. The van der Waals surface area contributed by atoms with Crippen molar-refractivity contribution >= 4 is 22.9 Å². The van der Waals surface area contributed by atoms with E-state index in [9.17, 15) is 9.59 Å². The van der Waals surface area contributed by atoms with Gasteiger partial charge in [0.25, 0.3) is 0 Å². The van der Waals surface area contributed by atoms with Crippen molar-refractivity contribution in [3.8, 4) is 0 Å². The van der Waals surface area contributed by atoms with Crippen molar-refractivity contribution in [2.75, 3.05) is 13.1 Å². The number of carbonyl (C=O) groups is 2. The fraction of sp³-hybridized carbons (Fsp3) is 0.565. The van der Waals surface area contributed by atoms with Crippen LogP contribution in [0.5, 0.6) is 0 Å². The van der Waals surface area contributed by atoms with Gasteiger partial charge in [-0.3, -0.25) is 4.79 Å². The Bertz CT molecular complexity index is 916. The molecule has 0 atom stereocenters. The first kappa shape index (κ1) is 21.2. The van der Waals surface area contributed by atoms with E-state index in [0.717, 1.165) is 16.8 Å². The van der Waals surface area contributed by atoms with Gasteiger partial charge in [-0.2, -0.15) is 0 Å². The Morgan fingerprint density at radius 1 is 1.17 bits per heavy atom. The molecule has 1 aromatic carbocycles. The molecule has 2 aromatic rings. The van der Waals surface area contributed by atoms with Gasteiger partial charge in [-0.1, -0.05) is 11.6 Å². The van der Waals surface area contributed by atoms with Crippen LogP contribution in [0.4, 0.5) is 4.79 Å². The molecular formula is C23H33N3O3. The fourth-order valence-corrected chi connectivity index (χ4v) is 3.90. The van der Waals surface area contributed by atoms with E-state index in [1.807, 2.05) is 20.8 Å². The number of nitrogens with zero attached hydrogens (tertiary/aromatic N) is 1. The highest BCUT2D eigenvalue weighted by Crippen LogP contribution is 2.26. The number of H-pyrrole nitrogens is 1. The summed E-state index contributed by atoms with van der Waals surface area (Å²) in [5.74, 6) is -0.00963. The van der Waals surface area contributed by atoms with E-state index in [2.05, 4.69) is 43.2 Å². The highest BCUT2D eigenvalue weighted by molar-refractivity contribution is 5.88. The Morgan fingerprint density at radius 3 is 2.45 bits per heavy atom. The number of nitrogens with one attached hydrogen (secondary N) is 2. The molecule has 0 saturated carbocycles. The average molecular weight is 400 g/mol. The van der Waals surface area contributed by atoms with Gasteiger partial charge in [0.05, 0.1) is 5.52 Å². The van der Waals surface area contributed by atoms with Gasteiger partial charge in [0.1, 0.15) is 5.60 Å². The summed E-state index contributed by atoms with van der Waals surface area (Å²) in [4.78, 5) is 30.1. The van der Waals surface area contributed by atoms with Gasteiger partial charge in [-0.05, 0) is 71.6 Å². The monoisotopic (exact) mass is 399 g/mol. The number of fused-ring (bicyclic) bond motifs is 1. The van der Waals surface area contributed by atoms with Crippen LogP contribution in [0.25, 0.3) is 10.9 Å². The van der Waals surface area contributed by atoms with E-state index in [-0.39, 0.29) is 17.9 Å². The largest absolute Gasteiger partial charge is 0.444 e. The van der Waals surface area contributed by atoms with Gasteiger partial charge < -0.3 is 19.9 Å². The number of aromatic amines is 1. The number of likely N-dealkylation sites (tertiary alicyclic amines) is 1. The molecule has 0 bridgehead atoms. The molecule has 29 heavy (non-hydrogen) atoms. The fourth-order valence-electron chi connectivity index (χ4n) is 3.90. The summed E-state index contributed by atoms with van der Waals surface area (Å²) in [6, 6.07) is 4.31. The van der Waals surface area contributed by atoms with E-state index < -0.39 is 5.60 Å². The van der Waals surface area contributed by atoms with Crippen molar-refractivity contribution in [1.82, 2.24) is 15.2 Å². The first-order chi connectivity index (χ1) is 13.5. The lowest BCUT2D eigenvalue weighted by Crippen LogP contribution is -2.44. The highest BCUT2D eigenvalue weighted by atomic mass is 16.6. The smallest absolute Gasteiger partial charge is 0.410 e. The van der Waals surface area contributed by atoms with Crippen molar-refractivity contribution in [3.05, 3.63) is 34.5 Å². The molecule has 1 aliphatic heterocycles. The number of benzene rings is 1. The lowest BCUT2D eigenvalue weighted by atomic mass is 9.96. The summed E-state index contributed by atoms with van der Waals surface area (Å²) in [5, 5.41) is 4.33. The standard InChI is InChI=1S/C23H33N3O3/c1-14-11-18(20-19(12-14)15(2)16(3)25-20)13-24-21(27)17-7-9-26(10-8-17)22(28)29-23(4,5)6/h11-12,17,25H,7-10,13H2,1-6H3,(H,24,27). The van der Waals surface area contributed by atoms with E-state index in [0.29, 0.717) is 32.5 Å². The summed E-state index contributed by atoms with van der Waals surface area (Å²) in [6.45, 7) is 13.5. The lowest BCUT2D eigenvalue weighted by Gasteiger charge is -2.32. The highest BCUT2D eigenvalue weighted by Gasteiger charge is 2.29. The van der Waals surface area contributed by atoms with Crippen LogP contribution in [0.15, 0.2) is 12.1 Å². The molecule has 0 unspecified atom stereocenters. The maximum Gasteiger partial charge on any atom is 0.410 e. The van der Waals surface area contributed by atoms with Gasteiger partial charge in [-0.15, -0.1) is 0 Å². The zero-order valence-electron chi connectivity index (χ0n) is 18.4. The molecule has 3 rings (SSSR count). The molecule has 0 spiro atoms. The first-order valence-corrected chi connectivity index (χ1v) is 10.4. The number of piperidine rings is 1. The summed E-state index contributed by atoms with van der Waals surface area (Å²) < 4.78 is 5.42. The topological polar surface area (TPSA) is 74.4 Å². The van der Waals surface area contributed by atoms with Crippen molar-refractivity contribution < 1.29 is 14.3 Å². The normalized spacial score (nSPS) is 15.6. The van der Waals surface area contributed by atoms with Crippen LogP contribution in [0.2, 0.25) is 0 Å². The van der Waals surface area contributed by atoms with Crippen LogP contribution in [0.1, 0.15) is 56.0 Å². The molecule has 1 saturated heterocycles. The second-order valence-corrected chi connectivity index (χ2v) is 9.18. The van der Waals surface area contributed by atoms with Gasteiger partial charge >= 0.3 is 6.09 Å². The Hall–Kier alpha value is -2.50. The minimum atomic E-state index is -0.501. The maximum atomic E-state index is 12.7. The minimum absolute atomic E-state index is 0.0588. The molecule has 2 heterocycles. The Labute approximate surface area is 173 Å². The number of hydrogen-bond acceptors (Lipinski definition) is 3. The third-order valence-electron chi connectivity index (χ3n) is 5.61. The van der Waals surface area contributed by atoms with Crippen LogP contribution >= 0.6 is 0 Å². The third kappa shape index (κ3) is 4.92. The number of aromatic nitrogens is 1. The van der Waals surface area contributed by atoms with Crippen LogP contribution < -0.4 is 5.32 Å². The van der Waals surface area contributed by atoms with Crippen molar-refractivity contribution in [2.24, 2.45) is 5.92 Å². The molecule has 0 radical (unpaired) electrons. The number of aryl methyl sites for hydroxylation is 3. The van der Waals surface area contributed by atoms with Crippen molar-refractivity contribution in [2.45, 2.75) is 66.5 Å². The molecule has 6 nitrogen and oxygen atoms in total. The first-order valence-electron chi connectivity index (χ1n) is 10.4. The maximum absolute atomic E-state index is 12.7. The van der Waals surface area contributed by atoms with E-state index >= 15 is 0 Å². The molecule has 0 aliphatic carbocycles. The molecule has 2 amide bonds. The van der Waals surface area contributed by atoms with E-state index in [4.69, 9.17) is 4.74 Å². The third-order valence-corrected chi connectivity index (χ3v) is 5.61. The Balaban J connectivity index is 1.58. The van der Waals surface area contributed by atoms with Crippen molar-refractivity contribution in [1.29, 1.82) is 0 Å². The van der Waals surface area contributed by atoms with Gasteiger partial charge in [-0.25, -0.2) is 4.79 Å². The van der Waals surface area contributed by atoms with Gasteiger partial charge in [0.15, 0.2) is 0 Å². The Kier molecular flexibility index (Phi) is 5.92. The second kappa shape index (κ2) is 8.09. The number of rotatable bonds is 3. The summed E-state index contributed by atoms with van der Waals surface area (Å²) in [5.41, 5.74) is 5.31. The van der Waals surface area contributed by atoms with Crippen molar-refractivity contribution in [3.63, 3.8) is 0 Å². The van der Waals surface area contributed by atoms with Crippen LogP contribution in [0, 0.1) is 26.7 Å². The Morgan fingerprint density at radius 2 is 1.83 bits per heavy atom. The minimum Gasteiger partial charge on any atom is -0.444 e. The molecule has 1 aromatic heterocycles. The zero-order chi connectivity index (χ0) is 21.3. The van der Waals surface area contributed by atoms with Crippen LogP contribution in [0.3, 0.4) is 0 Å².